The molecule has 3 nitrogen and oxygen atoms in total. The number of nitrogens with one attached hydrogen (secondary N) is 2. The van der Waals surface area contributed by atoms with E-state index in [2.05, 4.69) is 38.7 Å². The lowest BCUT2D eigenvalue weighted by atomic mass is 10.0. The Morgan fingerprint density at radius 1 is 1.18 bits per heavy atom. The van der Waals surface area contributed by atoms with Gasteiger partial charge in [-0.05, 0) is 25.8 Å². The van der Waals surface area contributed by atoms with Crippen molar-refractivity contribution in [1.29, 1.82) is 0 Å². The summed E-state index contributed by atoms with van der Waals surface area (Å²) in [6, 6.07) is 6.18. The summed E-state index contributed by atoms with van der Waals surface area (Å²) in [5, 5.41) is 11.7. The SMILES string of the molecule is CCCC[NH+](CC)Cc1c(C)[nH+]c2c(CC)cccc2c1O. The largest absolute Gasteiger partial charge is 0.506 e. The van der Waals surface area contributed by atoms with Crippen molar-refractivity contribution in [2.75, 3.05) is 13.1 Å². The van der Waals surface area contributed by atoms with Gasteiger partial charge in [0, 0.05) is 12.5 Å². The van der Waals surface area contributed by atoms with Gasteiger partial charge in [0.1, 0.15) is 17.9 Å². The highest BCUT2D eigenvalue weighted by molar-refractivity contribution is 5.86. The van der Waals surface area contributed by atoms with Crippen LogP contribution in [-0.4, -0.2) is 18.2 Å². The van der Waals surface area contributed by atoms with E-state index in [9.17, 15) is 5.11 Å². The quantitative estimate of drug-likeness (QED) is 0.810. The number of para-hydroxylation sites is 1. The Balaban J connectivity index is 2.42. The minimum absolute atomic E-state index is 0.462. The van der Waals surface area contributed by atoms with Crippen LogP contribution in [0.15, 0.2) is 18.2 Å². The summed E-state index contributed by atoms with van der Waals surface area (Å²) in [7, 11) is 0. The van der Waals surface area contributed by atoms with Crippen molar-refractivity contribution in [3.63, 3.8) is 0 Å². The number of aryl methyl sites for hydroxylation is 2. The van der Waals surface area contributed by atoms with E-state index < -0.39 is 0 Å². The van der Waals surface area contributed by atoms with E-state index in [-0.39, 0.29) is 0 Å². The van der Waals surface area contributed by atoms with Crippen molar-refractivity contribution in [2.24, 2.45) is 0 Å². The van der Waals surface area contributed by atoms with Gasteiger partial charge in [0.25, 0.3) is 0 Å². The molecule has 0 bridgehead atoms. The summed E-state index contributed by atoms with van der Waals surface area (Å²) in [4.78, 5) is 5.06. The zero-order chi connectivity index (χ0) is 16.1. The number of rotatable bonds is 7. The monoisotopic (exact) mass is 302 g/mol. The number of aromatic hydroxyl groups is 1. The van der Waals surface area contributed by atoms with E-state index in [1.807, 2.05) is 12.1 Å². The molecule has 22 heavy (non-hydrogen) atoms. The van der Waals surface area contributed by atoms with Crippen LogP contribution >= 0.6 is 0 Å². The Labute approximate surface area is 134 Å². The number of H-pyrrole nitrogens is 1. The third kappa shape index (κ3) is 3.41. The Hall–Kier alpha value is -1.61. The Kier molecular flexibility index (Phi) is 5.78. The van der Waals surface area contributed by atoms with Gasteiger partial charge < -0.3 is 10.0 Å². The van der Waals surface area contributed by atoms with Crippen LogP contribution < -0.4 is 9.88 Å². The number of hydrogen-bond acceptors (Lipinski definition) is 1. The first-order chi connectivity index (χ1) is 10.6. The summed E-state index contributed by atoms with van der Waals surface area (Å²) in [5.41, 5.74) is 4.49. The molecule has 1 heterocycles. The Bertz CT molecular complexity index is 637. The van der Waals surface area contributed by atoms with Crippen LogP contribution in [0.3, 0.4) is 0 Å². The smallest absolute Gasteiger partial charge is 0.217 e. The first-order valence-electron chi connectivity index (χ1n) is 8.61. The van der Waals surface area contributed by atoms with Gasteiger partial charge >= 0.3 is 0 Å². The van der Waals surface area contributed by atoms with Crippen molar-refractivity contribution in [3.8, 4) is 5.75 Å². The van der Waals surface area contributed by atoms with Crippen molar-refractivity contribution in [1.82, 2.24) is 0 Å². The molecule has 0 radical (unpaired) electrons. The molecule has 1 unspecified atom stereocenters. The predicted octanol–water partition coefficient (Wildman–Crippen LogP) is 2.44. The number of fused-ring (bicyclic) bond motifs is 1. The van der Waals surface area contributed by atoms with Crippen molar-refractivity contribution >= 4 is 10.9 Å². The van der Waals surface area contributed by atoms with Crippen LogP contribution in [0, 0.1) is 6.92 Å². The maximum absolute atomic E-state index is 10.8. The molecule has 0 aliphatic carbocycles. The number of benzene rings is 1. The lowest BCUT2D eigenvalue weighted by Crippen LogP contribution is -3.10. The first kappa shape index (κ1) is 16.8. The van der Waals surface area contributed by atoms with E-state index in [1.165, 1.54) is 29.8 Å². The van der Waals surface area contributed by atoms with E-state index >= 15 is 0 Å². The van der Waals surface area contributed by atoms with Crippen molar-refractivity contribution in [2.45, 2.75) is 53.5 Å². The molecule has 120 valence electrons. The maximum atomic E-state index is 10.8. The molecule has 0 saturated carbocycles. The van der Waals surface area contributed by atoms with Gasteiger partial charge in [-0.3, -0.25) is 0 Å². The molecule has 0 aliphatic heterocycles. The minimum Gasteiger partial charge on any atom is -0.506 e. The van der Waals surface area contributed by atoms with Gasteiger partial charge in [-0.2, -0.15) is 0 Å². The molecule has 0 spiro atoms. The third-order valence-electron chi connectivity index (χ3n) is 4.65. The number of unbranched alkanes of at least 4 members (excludes halogenated alkanes) is 1. The molecular weight excluding hydrogens is 272 g/mol. The number of quaternary nitrogens is 1. The van der Waals surface area contributed by atoms with E-state index in [0.717, 1.165) is 41.7 Å². The van der Waals surface area contributed by atoms with E-state index in [4.69, 9.17) is 0 Å². The summed E-state index contributed by atoms with van der Waals surface area (Å²) >= 11 is 0. The minimum atomic E-state index is 0.462. The highest BCUT2D eigenvalue weighted by Crippen LogP contribution is 2.28. The summed E-state index contributed by atoms with van der Waals surface area (Å²) < 4.78 is 0. The molecule has 3 heteroatoms. The van der Waals surface area contributed by atoms with Gasteiger partial charge in [-0.1, -0.05) is 32.4 Å². The summed E-state index contributed by atoms with van der Waals surface area (Å²) in [5.74, 6) is 0.462. The lowest BCUT2D eigenvalue weighted by molar-refractivity contribution is -0.912. The van der Waals surface area contributed by atoms with Gasteiger partial charge in [-0.25, -0.2) is 4.98 Å². The Morgan fingerprint density at radius 3 is 2.59 bits per heavy atom. The molecule has 3 N–H and O–H groups in total. The molecule has 2 aromatic rings. The normalized spacial score (nSPS) is 12.7. The fraction of sp³-hybridized carbons (Fsp3) is 0.526. The summed E-state index contributed by atoms with van der Waals surface area (Å²) in [6.07, 6.45) is 3.42. The van der Waals surface area contributed by atoms with Gasteiger partial charge in [0.15, 0.2) is 5.69 Å². The molecule has 0 amide bonds. The fourth-order valence-electron chi connectivity index (χ4n) is 3.13. The molecule has 1 aromatic heterocycles. The van der Waals surface area contributed by atoms with Crippen molar-refractivity contribution in [3.05, 3.63) is 35.0 Å². The maximum Gasteiger partial charge on any atom is 0.217 e. The van der Waals surface area contributed by atoms with Crippen LogP contribution in [-0.2, 0) is 13.0 Å². The second kappa shape index (κ2) is 7.59. The van der Waals surface area contributed by atoms with E-state index in [0.29, 0.717) is 5.75 Å². The number of aromatic nitrogens is 1. The molecule has 2 rings (SSSR count). The zero-order valence-electron chi connectivity index (χ0n) is 14.4. The highest BCUT2D eigenvalue weighted by atomic mass is 16.3. The zero-order valence-corrected chi connectivity index (χ0v) is 14.4. The molecule has 0 fully saturated rings. The molecule has 0 saturated heterocycles. The van der Waals surface area contributed by atoms with Crippen LogP contribution in [0.1, 0.15) is 50.4 Å². The topological polar surface area (TPSA) is 38.8 Å². The molecule has 0 aliphatic rings. The molecule has 1 aromatic carbocycles. The van der Waals surface area contributed by atoms with Crippen LogP contribution in [0.2, 0.25) is 0 Å². The van der Waals surface area contributed by atoms with Gasteiger partial charge in [-0.15, -0.1) is 0 Å². The molecule has 1 atom stereocenters. The first-order valence-corrected chi connectivity index (χ1v) is 8.61. The summed E-state index contributed by atoms with van der Waals surface area (Å²) in [6.45, 7) is 11.8. The molecular formula is C19H30N2O+2. The fourth-order valence-corrected chi connectivity index (χ4v) is 3.13. The average Bonchev–Trinajstić information content (AvgIpc) is 2.53. The predicted molar refractivity (Wildman–Crippen MR) is 91.3 cm³/mol. The van der Waals surface area contributed by atoms with Crippen LogP contribution in [0.25, 0.3) is 10.9 Å². The number of aromatic amines is 1. The van der Waals surface area contributed by atoms with Gasteiger partial charge in [0.2, 0.25) is 5.52 Å². The standard InChI is InChI=1S/C19H28N2O/c1-5-8-12-21(7-3)13-17-14(4)20-18-15(6-2)10-9-11-16(18)19(17)22/h9-11H,5-8,12-13H2,1-4H3,(H,20,22)/p+2. The Morgan fingerprint density at radius 2 is 1.95 bits per heavy atom. The third-order valence-corrected chi connectivity index (χ3v) is 4.65. The average molecular weight is 302 g/mol. The second-order valence-corrected chi connectivity index (χ2v) is 6.15. The second-order valence-electron chi connectivity index (χ2n) is 6.15. The highest BCUT2D eigenvalue weighted by Gasteiger charge is 2.22. The van der Waals surface area contributed by atoms with Gasteiger partial charge in [0.05, 0.1) is 18.5 Å². The lowest BCUT2D eigenvalue weighted by Gasteiger charge is -2.18. The number of hydrogen-bond donors (Lipinski definition) is 2. The van der Waals surface area contributed by atoms with Crippen LogP contribution in [0.4, 0.5) is 0 Å². The van der Waals surface area contributed by atoms with Crippen LogP contribution in [0.5, 0.6) is 5.75 Å². The van der Waals surface area contributed by atoms with E-state index in [1.54, 1.807) is 0 Å². The van der Waals surface area contributed by atoms with Crippen molar-refractivity contribution < 1.29 is 15.0 Å². The number of pyridine rings is 1.